The van der Waals surface area contributed by atoms with Crippen LogP contribution in [-0.2, 0) is 4.79 Å². The molecule has 0 aliphatic rings. The summed E-state index contributed by atoms with van der Waals surface area (Å²) in [5, 5.41) is 0. The summed E-state index contributed by atoms with van der Waals surface area (Å²) in [7, 11) is 0. The van der Waals surface area contributed by atoms with Crippen LogP contribution in [0, 0.1) is 20.8 Å². The van der Waals surface area contributed by atoms with Gasteiger partial charge in [-0.15, -0.1) is 0 Å². The van der Waals surface area contributed by atoms with E-state index in [2.05, 4.69) is 45.6 Å². The molecule has 90 valence electrons. The number of aldehydes is 1. The zero-order valence-electron chi connectivity index (χ0n) is 11.1. The average Bonchev–Trinajstić information content (AvgIpc) is 2.23. The van der Waals surface area contributed by atoms with Crippen LogP contribution in [0.2, 0.25) is 0 Å². The molecule has 1 aromatic carbocycles. The van der Waals surface area contributed by atoms with Crippen LogP contribution < -0.4 is 0 Å². The van der Waals surface area contributed by atoms with E-state index in [-0.39, 0.29) is 0 Å². The fourth-order valence-electron chi connectivity index (χ4n) is 2.12. The van der Waals surface area contributed by atoms with Crippen molar-refractivity contribution in [2.45, 2.75) is 34.1 Å². The van der Waals surface area contributed by atoms with Crippen LogP contribution in [-0.4, -0.2) is 6.29 Å². The molecule has 1 rings (SSSR count). The van der Waals surface area contributed by atoms with E-state index >= 15 is 0 Å². The van der Waals surface area contributed by atoms with Gasteiger partial charge in [0, 0.05) is 0 Å². The maximum atomic E-state index is 10.5. The van der Waals surface area contributed by atoms with E-state index in [0.29, 0.717) is 12.0 Å². The Hall–Kier alpha value is -1.63. The molecule has 0 heterocycles. The lowest BCUT2D eigenvalue weighted by atomic mass is 9.97. The first-order valence-electron chi connectivity index (χ1n) is 5.82. The molecule has 0 atom stereocenters. The second-order valence-corrected chi connectivity index (χ2v) is 4.76. The standard InChI is InChI=1S/C16H20O/c1-11(6-13(3)10-17)9-16-14(4)7-12(2)8-15(16)5/h7-10H,3,6H2,1-2,4-5H3/b11-9+. The molecule has 0 fully saturated rings. The van der Waals surface area contributed by atoms with Crippen molar-refractivity contribution in [3.63, 3.8) is 0 Å². The van der Waals surface area contributed by atoms with E-state index in [4.69, 9.17) is 0 Å². The van der Waals surface area contributed by atoms with Gasteiger partial charge in [0.2, 0.25) is 0 Å². The molecule has 0 spiro atoms. The Labute approximate surface area is 104 Å². The molecule has 0 N–H and O–H groups in total. The highest BCUT2D eigenvalue weighted by atomic mass is 16.1. The summed E-state index contributed by atoms with van der Waals surface area (Å²) >= 11 is 0. The highest BCUT2D eigenvalue weighted by molar-refractivity contribution is 5.73. The lowest BCUT2D eigenvalue weighted by Gasteiger charge is -2.09. The van der Waals surface area contributed by atoms with Gasteiger partial charge in [-0.25, -0.2) is 0 Å². The summed E-state index contributed by atoms with van der Waals surface area (Å²) in [6, 6.07) is 4.36. The highest BCUT2D eigenvalue weighted by Crippen LogP contribution is 2.21. The number of carbonyl (C=O) groups is 1. The first-order chi connectivity index (χ1) is 7.93. The van der Waals surface area contributed by atoms with E-state index in [0.717, 1.165) is 11.9 Å². The number of aryl methyl sites for hydroxylation is 3. The Morgan fingerprint density at radius 3 is 2.24 bits per heavy atom. The fourth-order valence-corrected chi connectivity index (χ4v) is 2.12. The summed E-state index contributed by atoms with van der Waals surface area (Å²) in [5.41, 5.74) is 6.88. The molecule has 0 saturated carbocycles. The van der Waals surface area contributed by atoms with Crippen LogP contribution in [0.15, 0.2) is 29.9 Å². The molecular weight excluding hydrogens is 208 g/mol. The van der Waals surface area contributed by atoms with Gasteiger partial charge in [0.15, 0.2) is 0 Å². The molecule has 0 aliphatic carbocycles. The monoisotopic (exact) mass is 228 g/mol. The molecule has 0 bridgehead atoms. The Kier molecular flexibility index (Phi) is 4.45. The van der Waals surface area contributed by atoms with Crippen LogP contribution in [0.5, 0.6) is 0 Å². The predicted octanol–water partition coefficient (Wildman–Crippen LogP) is 4.16. The first-order valence-corrected chi connectivity index (χ1v) is 5.82. The first kappa shape index (κ1) is 13.4. The zero-order valence-corrected chi connectivity index (χ0v) is 11.1. The number of allylic oxidation sites excluding steroid dienone is 2. The third-order valence-corrected chi connectivity index (χ3v) is 2.80. The van der Waals surface area contributed by atoms with Crippen LogP contribution in [0.4, 0.5) is 0 Å². The Bertz CT molecular complexity index is 455. The fraction of sp³-hybridized carbons (Fsp3) is 0.312. The molecule has 1 nitrogen and oxygen atoms in total. The van der Waals surface area contributed by atoms with Crippen molar-refractivity contribution in [3.8, 4) is 0 Å². The average molecular weight is 228 g/mol. The molecule has 0 saturated heterocycles. The minimum absolute atomic E-state index is 0.626. The van der Waals surface area contributed by atoms with Crippen molar-refractivity contribution in [1.29, 1.82) is 0 Å². The van der Waals surface area contributed by atoms with Crippen molar-refractivity contribution in [2.24, 2.45) is 0 Å². The third kappa shape index (κ3) is 3.70. The van der Waals surface area contributed by atoms with Crippen molar-refractivity contribution >= 4 is 12.4 Å². The maximum absolute atomic E-state index is 10.5. The van der Waals surface area contributed by atoms with Gasteiger partial charge < -0.3 is 0 Å². The molecule has 0 aliphatic heterocycles. The topological polar surface area (TPSA) is 17.1 Å². The maximum Gasteiger partial charge on any atom is 0.145 e. The summed E-state index contributed by atoms with van der Waals surface area (Å²) in [4.78, 5) is 10.5. The van der Waals surface area contributed by atoms with Gasteiger partial charge >= 0.3 is 0 Å². The van der Waals surface area contributed by atoms with Crippen molar-refractivity contribution in [2.75, 3.05) is 0 Å². The third-order valence-electron chi connectivity index (χ3n) is 2.80. The molecule has 17 heavy (non-hydrogen) atoms. The number of carbonyl (C=O) groups excluding carboxylic acids is 1. The lowest BCUT2D eigenvalue weighted by Crippen LogP contribution is -1.91. The van der Waals surface area contributed by atoms with Gasteiger partial charge in [-0.1, -0.05) is 35.9 Å². The van der Waals surface area contributed by atoms with E-state index in [1.165, 1.54) is 22.3 Å². The van der Waals surface area contributed by atoms with E-state index in [1.807, 2.05) is 6.92 Å². The van der Waals surface area contributed by atoms with Crippen LogP contribution in [0.1, 0.15) is 35.6 Å². The summed E-state index contributed by atoms with van der Waals surface area (Å²) in [5.74, 6) is 0. The van der Waals surface area contributed by atoms with Gasteiger partial charge in [0.25, 0.3) is 0 Å². The van der Waals surface area contributed by atoms with Crippen molar-refractivity contribution in [1.82, 2.24) is 0 Å². The van der Waals surface area contributed by atoms with E-state index in [9.17, 15) is 4.79 Å². The van der Waals surface area contributed by atoms with E-state index < -0.39 is 0 Å². The van der Waals surface area contributed by atoms with Crippen LogP contribution >= 0.6 is 0 Å². The Morgan fingerprint density at radius 2 is 1.76 bits per heavy atom. The Morgan fingerprint density at radius 1 is 1.24 bits per heavy atom. The quantitative estimate of drug-likeness (QED) is 0.558. The normalized spacial score (nSPS) is 11.4. The largest absolute Gasteiger partial charge is 0.298 e. The van der Waals surface area contributed by atoms with Gasteiger partial charge in [-0.3, -0.25) is 4.79 Å². The lowest BCUT2D eigenvalue weighted by molar-refractivity contribution is -0.104. The van der Waals surface area contributed by atoms with Crippen LogP contribution in [0.3, 0.4) is 0 Å². The molecule has 0 unspecified atom stereocenters. The summed E-state index contributed by atoms with van der Waals surface area (Å²) in [6.07, 6.45) is 3.63. The smallest absolute Gasteiger partial charge is 0.145 e. The predicted molar refractivity (Wildman–Crippen MR) is 74.1 cm³/mol. The van der Waals surface area contributed by atoms with E-state index in [1.54, 1.807) is 0 Å². The molecular formula is C16H20O. The Balaban J connectivity index is 3.05. The molecule has 1 aromatic rings. The second-order valence-electron chi connectivity index (χ2n) is 4.76. The second kappa shape index (κ2) is 5.62. The molecule has 1 heteroatoms. The SMILES string of the molecule is C=C(C=O)C/C(C)=C/c1c(C)cc(C)cc1C. The van der Waals surface area contributed by atoms with Crippen LogP contribution in [0.25, 0.3) is 6.08 Å². The number of hydrogen-bond donors (Lipinski definition) is 0. The van der Waals surface area contributed by atoms with Gasteiger partial charge in [-0.05, 0) is 56.4 Å². The molecule has 0 radical (unpaired) electrons. The number of benzene rings is 1. The summed E-state index contributed by atoms with van der Waals surface area (Å²) in [6.45, 7) is 12.1. The van der Waals surface area contributed by atoms with Crippen molar-refractivity contribution in [3.05, 3.63) is 52.1 Å². The van der Waals surface area contributed by atoms with Gasteiger partial charge in [-0.2, -0.15) is 0 Å². The molecule has 0 aromatic heterocycles. The zero-order chi connectivity index (χ0) is 13.0. The van der Waals surface area contributed by atoms with Crippen molar-refractivity contribution < 1.29 is 4.79 Å². The molecule has 0 amide bonds. The summed E-state index contributed by atoms with van der Waals surface area (Å²) < 4.78 is 0. The van der Waals surface area contributed by atoms with Gasteiger partial charge in [0.05, 0.1) is 0 Å². The van der Waals surface area contributed by atoms with Gasteiger partial charge in [0.1, 0.15) is 6.29 Å². The minimum atomic E-state index is 0.626. The number of rotatable bonds is 4. The minimum Gasteiger partial charge on any atom is -0.298 e. The highest BCUT2D eigenvalue weighted by Gasteiger charge is 2.02. The number of hydrogen-bond acceptors (Lipinski definition) is 1.